The van der Waals surface area contributed by atoms with E-state index in [1.54, 1.807) is 0 Å². The summed E-state index contributed by atoms with van der Waals surface area (Å²) in [7, 11) is 0. The smallest absolute Gasteiger partial charge is 0.241 e. The van der Waals surface area contributed by atoms with Gasteiger partial charge in [0.05, 0.1) is 12.5 Å². The quantitative estimate of drug-likeness (QED) is 0.454. The van der Waals surface area contributed by atoms with E-state index in [1.165, 1.54) is 11.1 Å². The number of amides is 1. The molecular formula is C25H29BrN4O2. The first-order chi connectivity index (χ1) is 15.6. The third-order valence-electron chi connectivity index (χ3n) is 5.83. The standard InChI is InChI=1S/C25H29BrN4O2/c1-18-5-2-6-19(15-18)7-3-13-27-25(31)21-8-4-14-30(16-21)17-23-28-24(29-32-23)20-9-11-22(26)12-10-20/h2,5-6,9-12,15,21H,3-4,7-8,13-14,16-17H2,1H3,(H,27,31). The molecule has 2 heterocycles. The third-order valence-corrected chi connectivity index (χ3v) is 6.36. The van der Waals surface area contributed by atoms with Gasteiger partial charge in [0.1, 0.15) is 0 Å². The number of nitrogens with zero attached hydrogens (tertiary/aromatic N) is 3. The zero-order chi connectivity index (χ0) is 22.3. The zero-order valence-corrected chi connectivity index (χ0v) is 20.0. The molecule has 1 saturated heterocycles. The molecule has 1 fully saturated rings. The molecule has 32 heavy (non-hydrogen) atoms. The van der Waals surface area contributed by atoms with Crippen LogP contribution in [0, 0.1) is 12.8 Å². The lowest BCUT2D eigenvalue weighted by Crippen LogP contribution is -2.43. The molecule has 4 rings (SSSR count). The van der Waals surface area contributed by atoms with E-state index in [0.717, 1.165) is 48.8 Å². The second-order valence-corrected chi connectivity index (χ2v) is 9.39. The molecule has 0 radical (unpaired) electrons. The summed E-state index contributed by atoms with van der Waals surface area (Å²) in [6.07, 6.45) is 3.85. The van der Waals surface area contributed by atoms with Crippen molar-refractivity contribution in [3.05, 3.63) is 70.0 Å². The Labute approximate surface area is 197 Å². The second kappa shape index (κ2) is 10.9. The van der Waals surface area contributed by atoms with E-state index >= 15 is 0 Å². The van der Waals surface area contributed by atoms with Gasteiger partial charge in [0.25, 0.3) is 0 Å². The van der Waals surface area contributed by atoms with Gasteiger partial charge in [-0.05, 0) is 69.0 Å². The van der Waals surface area contributed by atoms with Crippen LogP contribution in [0.25, 0.3) is 11.4 Å². The first kappa shape index (κ1) is 22.7. The molecule has 0 saturated carbocycles. The topological polar surface area (TPSA) is 71.3 Å². The van der Waals surface area contributed by atoms with Crippen molar-refractivity contribution < 1.29 is 9.32 Å². The largest absolute Gasteiger partial charge is 0.356 e. The monoisotopic (exact) mass is 496 g/mol. The van der Waals surface area contributed by atoms with Gasteiger partial charge >= 0.3 is 0 Å². The number of aryl methyl sites for hydroxylation is 2. The van der Waals surface area contributed by atoms with E-state index in [2.05, 4.69) is 67.5 Å². The van der Waals surface area contributed by atoms with Gasteiger partial charge < -0.3 is 9.84 Å². The highest BCUT2D eigenvalue weighted by atomic mass is 79.9. The van der Waals surface area contributed by atoms with Crippen LogP contribution in [0.3, 0.4) is 0 Å². The number of nitrogens with one attached hydrogen (secondary N) is 1. The summed E-state index contributed by atoms with van der Waals surface area (Å²) >= 11 is 3.44. The van der Waals surface area contributed by atoms with Crippen molar-refractivity contribution in [2.45, 2.75) is 39.2 Å². The van der Waals surface area contributed by atoms with Crippen LogP contribution in [0.1, 0.15) is 36.3 Å². The molecule has 1 aromatic heterocycles. The predicted octanol–water partition coefficient (Wildman–Crippen LogP) is 4.77. The summed E-state index contributed by atoms with van der Waals surface area (Å²) in [5.41, 5.74) is 3.52. The Morgan fingerprint density at radius 2 is 2.09 bits per heavy atom. The molecule has 7 heteroatoms. The van der Waals surface area contributed by atoms with E-state index in [-0.39, 0.29) is 11.8 Å². The van der Waals surface area contributed by atoms with Gasteiger partial charge in [0.2, 0.25) is 17.6 Å². The molecule has 1 amide bonds. The Morgan fingerprint density at radius 3 is 2.91 bits per heavy atom. The van der Waals surface area contributed by atoms with Gasteiger partial charge in [-0.1, -0.05) is 50.9 Å². The molecule has 1 unspecified atom stereocenters. The van der Waals surface area contributed by atoms with Crippen molar-refractivity contribution in [1.29, 1.82) is 0 Å². The van der Waals surface area contributed by atoms with Gasteiger partial charge in [-0.15, -0.1) is 0 Å². The molecule has 0 bridgehead atoms. The van der Waals surface area contributed by atoms with E-state index < -0.39 is 0 Å². The first-order valence-electron chi connectivity index (χ1n) is 11.2. The Hall–Kier alpha value is -2.51. The van der Waals surface area contributed by atoms with E-state index in [0.29, 0.717) is 24.8 Å². The number of rotatable bonds is 8. The van der Waals surface area contributed by atoms with Crippen molar-refractivity contribution in [3.8, 4) is 11.4 Å². The van der Waals surface area contributed by atoms with Crippen LogP contribution in [0.5, 0.6) is 0 Å². The maximum absolute atomic E-state index is 12.7. The summed E-state index contributed by atoms with van der Waals surface area (Å²) in [5, 5.41) is 7.24. The molecule has 2 aromatic carbocycles. The second-order valence-electron chi connectivity index (χ2n) is 8.48. The van der Waals surface area contributed by atoms with E-state index in [4.69, 9.17) is 4.52 Å². The molecule has 3 aromatic rings. The third kappa shape index (κ3) is 6.26. The van der Waals surface area contributed by atoms with Gasteiger partial charge in [0, 0.05) is 23.1 Å². The van der Waals surface area contributed by atoms with Crippen molar-refractivity contribution >= 4 is 21.8 Å². The maximum Gasteiger partial charge on any atom is 0.241 e. The highest BCUT2D eigenvalue weighted by molar-refractivity contribution is 9.10. The molecule has 6 nitrogen and oxygen atoms in total. The highest BCUT2D eigenvalue weighted by Gasteiger charge is 2.26. The highest BCUT2D eigenvalue weighted by Crippen LogP contribution is 2.21. The van der Waals surface area contributed by atoms with Crippen molar-refractivity contribution in [2.75, 3.05) is 19.6 Å². The average Bonchev–Trinajstić information content (AvgIpc) is 3.26. The number of hydrogen-bond donors (Lipinski definition) is 1. The normalized spacial score (nSPS) is 16.8. The molecular weight excluding hydrogens is 468 g/mol. The fraction of sp³-hybridized carbons (Fsp3) is 0.400. The van der Waals surface area contributed by atoms with Gasteiger partial charge in [-0.25, -0.2) is 0 Å². The number of piperidine rings is 1. The maximum atomic E-state index is 12.7. The Bertz CT molecular complexity index is 1030. The summed E-state index contributed by atoms with van der Waals surface area (Å²) in [4.78, 5) is 19.5. The van der Waals surface area contributed by atoms with Crippen LogP contribution in [0.2, 0.25) is 0 Å². The van der Waals surface area contributed by atoms with Crippen LogP contribution >= 0.6 is 15.9 Å². The molecule has 0 aliphatic carbocycles. The van der Waals surface area contributed by atoms with Crippen LogP contribution in [-0.2, 0) is 17.8 Å². The molecule has 0 spiro atoms. The van der Waals surface area contributed by atoms with Crippen LogP contribution in [0.4, 0.5) is 0 Å². The summed E-state index contributed by atoms with van der Waals surface area (Å²) in [5.74, 6) is 1.34. The SMILES string of the molecule is Cc1cccc(CCCNC(=O)C2CCCN(Cc3nc(-c4ccc(Br)cc4)no3)C2)c1. The number of hydrogen-bond acceptors (Lipinski definition) is 5. The Balaban J connectivity index is 1.23. The number of aromatic nitrogens is 2. The Morgan fingerprint density at radius 1 is 1.25 bits per heavy atom. The molecule has 1 aliphatic heterocycles. The molecule has 168 valence electrons. The minimum absolute atomic E-state index is 0.0107. The minimum atomic E-state index is 0.0107. The number of carbonyl (C=O) groups is 1. The number of likely N-dealkylation sites (tertiary alicyclic amines) is 1. The van der Waals surface area contributed by atoms with Crippen molar-refractivity contribution in [2.24, 2.45) is 5.92 Å². The number of benzene rings is 2. The lowest BCUT2D eigenvalue weighted by Gasteiger charge is -2.30. The van der Waals surface area contributed by atoms with Crippen LogP contribution in [-0.4, -0.2) is 40.6 Å². The molecule has 1 N–H and O–H groups in total. The number of carbonyl (C=O) groups excluding carboxylic acids is 1. The number of halogens is 1. The fourth-order valence-electron chi connectivity index (χ4n) is 4.16. The van der Waals surface area contributed by atoms with Crippen LogP contribution in [0.15, 0.2) is 57.5 Å². The van der Waals surface area contributed by atoms with Crippen LogP contribution < -0.4 is 5.32 Å². The predicted molar refractivity (Wildman–Crippen MR) is 128 cm³/mol. The lowest BCUT2D eigenvalue weighted by atomic mass is 9.97. The van der Waals surface area contributed by atoms with Gasteiger partial charge in [-0.3, -0.25) is 9.69 Å². The summed E-state index contributed by atoms with van der Waals surface area (Å²) in [6, 6.07) is 16.4. The van der Waals surface area contributed by atoms with E-state index in [1.807, 2.05) is 24.3 Å². The average molecular weight is 497 g/mol. The minimum Gasteiger partial charge on any atom is -0.356 e. The van der Waals surface area contributed by atoms with Crippen molar-refractivity contribution in [3.63, 3.8) is 0 Å². The summed E-state index contributed by atoms with van der Waals surface area (Å²) < 4.78 is 6.47. The first-order valence-corrected chi connectivity index (χ1v) is 12.0. The summed E-state index contributed by atoms with van der Waals surface area (Å²) in [6.45, 7) is 5.05. The van der Waals surface area contributed by atoms with Gasteiger partial charge in [-0.2, -0.15) is 4.98 Å². The molecule has 1 aliphatic rings. The van der Waals surface area contributed by atoms with E-state index in [9.17, 15) is 4.79 Å². The van der Waals surface area contributed by atoms with Crippen molar-refractivity contribution in [1.82, 2.24) is 20.4 Å². The fourth-order valence-corrected chi connectivity index (χ4v) is 4.42. The molecule has 1 atom stereocenters. The van der Waals surface area contributed by atoms with Gasteiger partial charge in [0.15, 0.2) is 0 Å². The lowest BCUT2D eigenvalue weighted by molar-refractivity contribution is -0.126. The Kier molecular flexibility index (Phi) is 7.71. The zero-order valence-electron chi connectivity index (χ0n) is 18.4.